The number of aromatic nitrogens is 1. The second-order valence-corrected chi connectivity index (χ2v) is 9.01. The van der Waals surface area contributed by atoms with Crippen molar-refractivity contribution < 1.29 is 4.39 Å². The summed E-state index contributed by atoms with van der Waals surface area (Å²) in [7, 11) is 0. The highest BCUT2D eigenvalue weighted by molar-refractivity contribution is 5.93. The molecule has 1 saturated carbocycles. The SMILES string of the molecule is C/C=C/c1c(C2CC2)nc2c(c1-c1ccc(F)cc1)-c1ccccc1CC2(C)C. The molecule has 1 fully saturated rings. The van der Waals surface area contributed by atoms with Crippen LogP contribution in [-0.4, -0.2) is 4.98 Å². The second-order valence-electron chi connectivity index (χ2n) is 9.01. The molecule has 0 aliphatic heterocycles. The van der Waals surface area contributed by atoms with Crippen molar-refractivity contribution in [3.8, 4) is 22.3 Å². The summed E-state index contributed by atoms with van der Waals surface area (Å²) < 4.78 is 13.7. The Kier molecular flexibility index (Phi) is 4.20. The Morgan fingerprint density at radius 3 is 2.41 bits per heavy atom. The van der Waals surface area contributed by atoms with Gasteiger partial charge in [0.2, 0.25) is 0 Å². The average molecular weight is 384 g/mol. The smallest absolute Gasteiger partial charge is 0.123 e. The number of benzene rings is 2. The number of rotatable bonds is 3. The number of fused-ring (bicyclic) bond motifs is 3. The summed E-state index contributed by atoms with van der Waals surface area (Å²) in [5.41, 5.74) is 9.68. The van der Waals surface area contributed by atoms with E-state index >= 15 is 0 Å². The molecule has 1 nitrogen and oxygen atoms in total. The van der Waals surface area contributed by atoms with Crippen molar-refractivity contribution >= 4 is 6.08 Å². The molecule has 2 heteroatoms. The van der Waals surface area contributed by atoms with Gasteiger partial charge in [-0.05, 0) is 55.0 Å². The molecular formula is C27H26FN. The van der Waals surface area contributed by atoms with Gasteiger partial charge in [0.05, 0.1) is 11.4 Å². The van der Waals surface area contributed by atoms with Gasteiger partial charge in [-0.1, -0.05) is 62.4 Å². The van der Waals surface area contributed by atoms with Crippen molar-refractivity contribution in [2.75, 3.05) is 0 Å². The first-order valence-corrected chi connectivity index (χ1v) is 10.5. The van der Waals surface area contributed by atoms with Gasteiger partial charge in [0.25, 0.3) is 0 Å². The van der Waals surface area contributed by atoms with Gasteiger partial charge in [-0.3, -0.25) is 4.98 Å². The van der Waals surface area contributed by atoms with Crippen LogP contribution in [0.4, 0.5) is 4.39 Å². The van der Waals surface area contributed by atoms with E-state index in [2.05, 4.69) is 57.2 Å². The molecule has 0 radical (unpaired) electrons. The van der Waals surface area contributed by atoms with Gasteiger partial charge in [-0.15, -0.1) is 0 Å². The fraction of sp³-hybridized carbons (Fsp3) is 0.296. The lowest BCUT2D eigenvalue weighted by Gasteiger charge is -2.36. The van der Waals surface area contributed by atoms with Gasteiger partial charge >= 0.3 is 0 Å². The van der Waals surface area contributed by atoms with E-state index in [1.807, 2.05) is 12.1 Å². The number of halogens is 1. The summed E-state index contributed by atoms with van der Waals surface area (Å²) in [6.45, 7) is 6.66. The number of nitrogens with zero attached hydrogens (tertiary/aromatic N) is 1. The molecule has 2 aliphatic carbocycles. The fourth-order valence-electron chi connectivity index (χ4n) is 4.77. The first kappa shape index (κ1) is 18.3. The van der Waals surface area contributed by atoms with Gasteiger partial charge in [0.15, 0.2) is 0 Å². The van der Waals surface area contributed by atoms with Crippen LogP contribution in [-0.2, 0) is 11.8 Å². The summed E-state index contributed by atoms with van der Waals surface area (Å²) >= 11 is 0. The maximum Gasteiger partial charge on any atom is 0.123 e. The van der Waals surface area contributed by atoms with E-state index < -0.39 is 0 Å². The Balaban J connectivity index is 1.93. The van der Waals surface area contributed by atoms with Crippen molar-refractivity contribution in [3.05, 3.63) is 82.9 Å². The fourth-order valence-corrected chi connectivity index (χ4v) is 4.77. The molecule has 3 aromatic rings. The highest BCUT2D eigenvalue weighted by Gasteiger charge is 2.38. The lowest BCUT2D eigenvalue weighted by Crippen LogP contribution is -2.28. The maximum absolute atomic E-state index is 13.7. The van der Waals surface area contributed by atoms with E-state index in [0.29, 0.717) is 5.92 Å². The molecule has 1 aromatic heterocycles. The second kappa shape index (κ2) is 6.66. The molecule has 0 saturated heterocycles. The van der Waals surface area contributed by atoms with E-state index in [1.165, 1.54) is 52.0 Å². The Hall–Kier alpha value is -2.74. The first-order valence-electron chi connectivity index (χ1n) is 10.5. The van der Waals surface area contributed by atoms with Crippen molar-refractivity contribution in [2.24, 2.45) is 0 Å². The summed E-state index contributed by atoms with van der Waals surface area (Å²) in [4.78, 5) is 5.32. The lowest BCUT2D eigenvalue weighted by atomic mass is 9.70. The zero-order valence-electron chi connectivity index (χ0n) is 17.3. The Morgan fingerprint density at radius 1 is 1.00 bits per heavy atom. The molecule has 0 N–H and O–H groups in total. The zero-order chi connectivity index (χ0) is 20.2. The molecule has 29 heavy (non-hydrogen) atoms. The van der Waals surface area contributed by atoms with Crippen LogP contribution in [0.3, 0.4) is 0 Å². The van der Waals surface area contributed by atoms with Crippen LogP contribution >= 0.6 is 0 Å². The van der Waals surface area contributed by atoms with Gasteiger partial charge < -0.3 is 0 Å². The maximum atomic E-state index is 13.7. The Labute approximate surface area is 172 Å². The van der Waals surface area contributed by atoms with Crippen LogP contribution in [0.2, 0.25) is 0 Å². The van der Waals surface area contributed by atoms with E-state index in [1.54, 1.807) is 12.1 Å². The number of pyridine rings is 1. The number of hydrogen-bond acceptors (Lipinski definition) is 1. The third kappa shape index (κ3) is 3.02. The normalized spacial score (nSPS) is 17.2. The van der Waals surface area contributed by atoms with Crippen LogP contribution in [0, 0.1) is 5.82 Å². The third-order valence-corrected chi connectivity index (χ3v) is 6.25. The van der Waals surface area contributed by atoms with Crippen LogP contribution in [0.15, 0.2) is 54.6 Å². The lowest BCUT2D eigenvalue weighted by molar-refractivity contribution is 0.498. The van der Waals surface area contributed by atoms with E-state index in [0.717, 1.165) is 12.0 Å². The predicted molar refractivity (Wildman–Crippen MR) is 118 cm³/mol. The van der Waals surface area contributed by atoms with Gasteiger partial charge in [0, 0.05) is 28.0 Å². The molecule has 1 heterocycles. The summed E-state index contributed by atoms with van der Waals surface area (Å²) in [6, 6.07) is 15.6. The average Bonchev–Trinajstić information content (AvgIpc) is 3.53. The van der Waals surface area contributed by atoms with E-state index in [-0.39, 0.29) is 11.2 Å². The van der Waals surface area contributed by atoms with Crippen LogP contribution in [0.5, 0.6) is 0 Å². The highest BCUT2D eigenvalue weighted by atomic mass is 19.1. The topological polar surface area (TPSA) is 12.9 Å². The monoisotopic (exact) mass is 383 g/mol. The quantitative estimate of drug-likeness (QED) is 0.462. The van der Waals surface area contributed by atoms with Crippen molar-refractivity contribution in [2.45, 2.75) is 51.4 Å². The molecule has 5 rings (SSSR count). The largest absolute Gasteiger partial charge is 0.256 e. The summed E-state index contributed by atoms with van der Waals surface area (Å²) in [5.74, 6) is 0.339. The van der Waals surface area contributed by atoms with E-state index in [4.69, 9.17) is 4.98 Å². The van der Waals surface area contributed by atoms with Crippen molar-refractivity contribution in [1.29, 1.82) is 0 Å². The highest BCUT2D eigenvalue weighted by Crippen LogP contribution is 2.51. The summed E-state index contributed by atoms with van der Waals surface area (Å²) in [6.07, 6.45) is 7.69. The van der Waals surface area contributed by atoms with Crippen molar-refractivity contribution in [1.82, 2.24) is 4.98 Å². The molecule has 0 atom stereocenters. The third-order valence-electron chi connectivity index (χ3n) is 6.25. The minimum Gasteiger partial charge on any atom is -0.256 e. The standard InChI is InChI=1S/C27H26FN/c1-4-7-22-23(17-12-14-20(28)15-13-17)24-21-9-6-5-8-19(21)16-27(2,3)26(24)29-25(22)18-10-11-18/h4-9,12-15,18H,10-11,16H2,1-3H3/b7-4+. The zero-order valence-corrected chi connectivity index (χ0v) is 17.3. The van der Waals surface area contributed by atoms with Crippen molar-refractivity contribution in [3.63, 3.8) is 0 Å². The van der Waals surface area contributed by atoms with Gasteiger partial charge in [0.1, 0.15) is 5.82 Å². The Morgan fingerprint density at radius 2 is 1.72 bits per heavy atom. The molecule has 146 valence electrons. The molecule has 0 spiro atoms. The molecule has 2 aromatic carbocycles. The van der Waals surface area contributed by atoms with Gasteiger partial charge in [-0.25, -0.2) is 4.39 Å². The Bertz CT molecular complexity index is 1120. The van der Waals surface area contributed by atoms with E-state index in [9.17, 15) is 4.39 Å². The molecule has 0 amide bonds. The molecular weight excluding hydrogens is 357 g/mol. The molecule has 0 unspecified atom stereocenters. The van der Waals surface area contributed by atoms with Crippen LogP contribution < -0.4 is 0 Å². The summed E-state index contributed by atoms with van der Waals surface area (Å²) in [5, 5.41) is 0. The predicted octanol–water partition coefficient (Wildman–Crippen LogP) is 7.30. The first-order chi connectivity index (χ1) is 14.0. The molecule has 0 bridgehead atoms. The van der Waals surface area contributed by atoms with Gasteiger partial charge in [-0.2, -0.15) is 0 Å². The minimum atomic E-state index is -0.201. The van der Waals surface area contributed by atoms with Crippen LogP contribution in [0.25, 0.3) is 28.3 Å². The number of allylic oxidation sites excluding steroid dienone is 1. The minimum absolute atomic E-state index is 0.0451. The number of hydrogen-bond donors (Lipinski definition) is 0. The van der Waals surface area contributed by atoms with Crippen LogP contribution in [0.1, 0.15) is 62.0 Å². The molecule has 2 aliphatic rings.